The van der Waals surface area contributed by atoms with Gasteiger partial charge in [-0.15, -0.1) is 0 Å². The minimum absolute atomic E-state index is 0.316. The molecule has 0 saturated carbocycles. The summed E-state index contributed by atoms with van der Waals surface area (Å²) in [4.78, 5) is 14.5. The molecule has 0 aliphatic carbocycles. The molecule has 2 N–H and O–H groups in total. The normalized spacial score (nSPS) is 10.3. The van der Waals surface area contributed by atoms with Crippen LogP contribution in [0.5, 0.6) is 0 Å². The van der Waals surface area contributed by atoms with Crippen molar-refractivity contribution in [1.82, 2.24) is 4.98 Å². The number of benzene rings is 1. The van der Waals surface area contributed by atoms with E-state index in [1.165, 1.54) is 7.11 Å². The zero-order valence-electron chi connectivity index (χ0n) is 8.63. The van der Waals surface area contributed by atoms with E-state index < -0.39 is 0 Å². The summed E-state index contributed by atoms with van der Waals surface area (Å²) in [7, 11) is 3.22. The number of H-pyrrole nitrogens is 1. The van der Waals surface area contributed by atoms with Gasteiger partial charge in [-0.1, -0.05) is 0 Å². The first-order chi connectivity index (χ1) is 7.24. The van der Waals surface area contributed by atoms with Crippen LogP contribution in [0.3, 0.4) is 0 Å². The van der Waals surface area contributed by atoms with Crippen molar-refractivity contribution in [2.75, 3.05) is 19.5 Å². The number of hydrogen-bond acceptors (Lipinski definition) is 3. The predicted molar refractivity (Wildman–Crippen MR) is 59.2 cm³/mol. The van der Waals surface area contributed by atoms with Crippen LogP contribution in [-0.2, 0) is 4.74 Å². The van der Waals surface area contributed by atoms with E-state index in [4.69, 9.17) is 0 Å². The Morgan fingerprint density at radius 1 is 1.40 bits per heavy atom. The number of esters is 1. The Morgan fingerprint density at radius 3 is 2.87 bits per heavy atom. The summed E-state index contributed by atoms with van der Waals surface area (Å²) in [5.41, 5.74) is 1.55. The minimum atomic E-state index is -0.316. The number of nitrogens with one attached hydrogen (secondary N) is 2. The van der Waals surface area contributed by atoms with Crippen LogP contribution in [-0.4, -0.2) is 25.1 Å². The first-order valence-electron chi connectivity index (χ1n) is 4.63. The molecule has 0 fully saturated rings. The third kappa shape index (κ3) is 1.66. The average molecular weight is 204 g/mol. The smallest absolute Gasteiger partial charge is 0.337 e. The summed E-state index contributed by atoms with van der Waals surface area (Å²) in [5, 5.41) is 4.00. The molecule has 78 valence electrons. The van der Waals surface area contributed by atoms with Crippen LogP contribution < -0.4 is 5.32 Å². The number of methoxy groups -OCH3 is 1. The molecule has 0 radical (unpaired) electrons. The molecule has 2 aromatic rings. The molecule has 2 rings (SSSR count). The van der Waals surface area contributed by atoms with E-state index >= 15 is 0 Å². The Hall–Kier alpha value is -1.97. The maximum absolute atomic E-state index is 11.3. The molecule has 0 amide bonds. The molecule has 4 nitrogen and oxygen atoms in total. The van der Waals surface area contributed by atoms with E-state index in [1.807, 2.05) is 19.2 Å². The van der Waals surface area contributed by atoms with E-state index in [0.29, 0.717) is 5.56 Å². The van der Waals surface area contributed by atoms with Crippen LogP contribution in [0.1, 0.15) is 10.4 Å². The van der Waals surface area contributed by atoms with Crippen molar-refractivity contribution in [3.8, 4) is 0 Å². The van der Waals surface area contributed by atoms with Gasteiger partial charge in [-0.25, -0.2) is 4.79 Å². The Kier molecular flexibility index (Phi) is 2.33. The van der Waals surface area contributed by atoms with E-state index in [9.17, 15) is 4.79 Å². The number of carbonyl (C=O) groups is 1. The lowest BCUT2D eigenvalue weighted by Gasteiger charge is -1.98. The van der Waals surface area contributed by atoms with Gasteiger partial charge in [0.05, 0.1) is 12.7 Å². The van der Waals surface area contributed by atoms with Crippen LogP contribution in [0.2, 0.25) is 0 Å². The van der Waals surface area contributed by atoms with Crippen molar-refractivity contribution in [1.29, 1.82) is 0 Å². The molecule has 0 aliphatic rings. The number of carbonyl (C=O) groups excluding carboxylic acids is 1. The number of ether oxygens (including phenoxy) is 1. The molecule has 15 heavy (non-hydrogen) atoms. The number of rotatable bonds is 2. The topological polar surface area (TPSA) is 54.1 Å². The lowest BCUT2D eigenvalue weighted by Crippen LogP contribution is -2.00. The Bertz CT molecular complexity index is 502. The summed E-state index contributed by atoms with van der Waals surface area (Å²) in [5.74, 6) is 0.608. The molecular weight excluding hydrogens is 192 g/mol. The first-order valence-corrected chi connectivity index (χ1v) is 4.63. The summed E-state index contributed by atoms with van der Waals surface area (Å²) >= 11 is 0. The summed E-state index contributed by atoms with van der Waals surface area (Å²) in [6, 6.07) is 7.35. The van der Waals surface area contributed by atoms with Gasteiger partial charge in [-0.3, -0.25) is 0 Å². The largest absolute Gasteiger partial charge is 0.465 e. The van der Waals surface area contributed by atoms with Gasteiger partial charge in [0.15, 0.2) is 0 Å². The van der Waals surface area contributed by atoms with Crippen LogP contribution in [0.4, 0.5) is 5.82 Å². The molecule has 1 aromatic heterocycles. The van der Waals surface area contributed by atoms with E-state index in [2.05, 4.69) is 15.0 Å². The monoisotopic (exact) mass is 204 g/mol. The van der Waals surface area contributed by atoms with E-state index in [-0.39, 0.29) is 5.97 Å². The molecular formula is C11H12N2O2. The van der Waals surface area contributed by atoms with Crippen LogP contribution in [0.15, 0.2) is 24.3 Å². The summed E-state index contributed by atoms with van der Waals surface area (Å²) in [6.07, 6.45) is 0. The SMILES string of the molecule is CNc1cc2cc(C(=O)OC)ccc2[nH]1. The fourth-order valence-corrected chi connectivity index (χ4v) is 1.51. The van der Waals surface area contributed by atoms with Gasteiger partial charge in [0.1, 0.15) is 5.82 Å². The molecule has 0 spiro atoms. The van der Waals surface area contributed by atoms with Crippen LogP contribution in [0.25, 0.3) is 10.9 Å². The van der Waals surface area contributed by atoms with Crippen molar-refractivity contribution in [3.05, 3.63) is 29.8 Å². The molecule has 0 aliphatic heterocycles. The van der Waals surface area contributed by atoms with Crippen LogP contribution in [0, 0.1) is 0 Å². The predicted octanol–water partition coefficient (Wildman–Crippen LogP) is 2.00. The van der Waals surface area contributed by atoms with Gasteiger partial charge >= 0.3 is 5.97 Å². The van der Waals surface area contributed by atoms with Gasteiger partial charge in [-0.2, -0.15) is 0 Å². The van der Waals surface area contributed by atoms with E-state index in [0.717, 1.165) is 16.7 Å². The summed E-state index contributed by atoms with van der Waals surface area (Å²) < 4.78 is 4.65. The van der Waals surface area contributed by atoms with E-state index in [1.54, 1.807) is 12.1 Å². The Balaban J connectivity index is 2.50. The van der Waals surface area contributed by atoms with Crippen LogP contribution >= 0.6 is 0 Å². The lowest BCUT2D eigenvalue weighted by molar-refractivity contribution is 0.0601. The van der Waals surface area contributed by atoms with Gasteiger partial charge in [0.2, 0.25) is 0 Å². The number of fused-ring (bicyclic) bond motifs is 1. The minimum Gasteiger partial charge on any atom is -0.465 e. The van der Waals surface area contributed by atoms with Gasteiger partial charge in [-0.05, 0) is 24.3 Å². The molecule has 0 saturated heterocycles. The van der Waals surface area contributed by atoms with Crippen molar-refractivity contribution >= 4 is 22.7 Å². The summed E-state index contributed by atoms with van der Waals surface area (Å²) in [6.45, 7) is 0. The molecule has 1 aromatic carbocycles. The highest BCUT2D eigenvalue weighted by Crippen LogP contribution is 2.20. The molecule has 4 heteroatoms. The van der Waals surface area contributed by atoms with Gasteiger partial charge < -0.3 is 15.0 Å². The fourth-order valence-electron chi connectivity index (χ4n) is 1.51. The van der Waals surface area contributed by atoms with Crippen molar-refractivity contribution < 1.29 is 9.53 Å². The molecule has 1 heterocycles. The zero-order valence-corrected chi connectivity index (χ0v) is 8.63. The maximum Gasteiger partial charge on any atom is 0.337 e. The highest BCUT2D eigenvalue weighted by molar-refractivity contribution is 5.95. The number of anilines is 1. The maximum atomic E-state index is 11.3. The Labute approximate surface area is 87.2 Å². The van der Waals surface area contributed by atoms with Gasteiger partial charge in [0, 0.05) is 18.0 Å². The van der Waals surface area contributed by atoms with Crippen molar-refractivity contribution in [3.63, 3.8) is 0 Å². The van der Waals surface area contributed by atoms with Gasteiger partial charge in [0.25, 0.3) is 0 Å². The second-order valence-corrected chi connectivity index (χ2v) is 3.23. The highest BCUT2D eigenvalue weighted by atomic mass is 16.5. The standard InChI is InChI=1S/C11H12N2O2/c1-12-10-6-8-5-7(11(14)15-2)3-4-9(8)13-10/h3-6,12-13H,1-2H3. The third-order valence-electron chi connectivity index (χ3n) is 2.31. The Morgan fingerprint density at radius 2 is 2.20 bits per heavy atom. The quantitative estimate of drug-likeness (QED) is 0.735. The first kappa shape index (κ1) is 9.58. The highest BCUT2D eigenvalue weighted by Gasteiger charge is 2.07. The zero-order chi connectivity index (χ0) is 10.8. The second-order valence-electron chi connectivity index (χ2n) is 3.23. The average Bonchev–Trinajstić information content (AvgIpc) is 2.69. The molecule has 0 atom stereocenters. The molecule has 0 bridgehead atoms. The number of hydrogen-bond donors (Lipinski definition) is 2. The fraction of sp³-hybridized carbons (Fsp3) is 0.182. The molecule has 0 unspecified atom stereocenters. The van der Waals surface area contributed by atoms with Crippen molar-refractivity contribution in [2.45, 2.75) is 0 Å². The lowest BCUT2D eigenvalue weighted by atomic mass is 10.1. The second kappa shape index (κ2) is 3.65. The number of aromatic amines is 1. The third-order valence-corrected chi connectivity index (χ3v) is 2.31. The number of aromatic nitrogens is 1. The van der Waals surface area contributed by atoms with Crippen molar-refractivity contribution in [2.24, 2.45) is 0 Å².